The van der Waals surface area contributed by atoms with Gasteiger partial charge in [-0.1, -0.05) is 0 Å². The summed E-state index contributed by atoms with van der Waals surface area (Å²) in [4.78, 5) is 25.5. The Labute approximate surface area is 142 Å². The van der Waals surface area contributed by atoms with Crippen molar-refractivity contribution in [3.05, 3.63) is 32.6 Å². The largest absolute Gasteiger partial charge is 0.390 e. The van der Waals surface area contributed by atoms with Crippen molar-refractivity contribution in [2.45, 2.75) is 44.4 Å². The quantitative estimate of drug-likeness (QED) is 0.586. The van der Waals surface area contributed by atoms with Crippen LogP contribution in [-0.2, 0) is 18.9 Å². The third-order valence-corrected chi connectivity index (χ3v) is 4.39. The van der Waals surface area contributed by atoms with E-state index in [2.05, 4.69) is 17.6 Å². The van der Waals surface area contributed by atoms with E-state index in [1.54, 1.807) is 6.92 Å². The van der Waals surface area contributed by atoms with Crippen LogP contribution < -0.4 is 11.2 Å². The maximum absolute atomic E-state index is 11.9. The van der Waals surface area contributed by atoms with Crippen LogP contribution in [0.2, 0.25) is 0 Å². The lowest BCUT2D eigenvalue weighted by atomic mass is 10.2. The highest BCUT2D eigenvalue weighted by molar-refractivity contribution is 7.80. The van der Waals surface area contributed by atoms with Gasteiger partial charge in [0.25, 0.3) is 12.0 Å². The predicted molar refractivity (Wildman–Crippen MR) is 85.0 cm³/mol. The fraction of sp³-hybridized carbons (Fsp3) is 0.714. The molecule has 3 rings (SSSR count). The lowest BCUT2D eigenvalue weighted by Crippen LogP contribution is -2.33. The first-order chi connectivity index (χ1) is 11.5. The molecule has 5 atom stereocenters. The van der Waals surface area contributed by atoms with Gasteiger partial charge in [0.05, 0.1) is 25.4 Å². The molecule has 2 aliphatic heterocycles. The number of thiol groups is 1. The summed E-state index contributed by atoms with van der Waals surface area (Å²) in [5, 5.41) is 10.1. The molecule has 2 saturated heterocycles. The molecule has 2 N–H and O–H groups in total. The molecule has 10 heteroatoms. The number of ether oxygens (including phenoxy) is 4. The number of aromatic amines is 1. The average Bonchev–Trinajstić information content (AvgIpc) is 3.15. The van der Waals surface area contributed by atoms with Crippen LogP contribution >= 0.6 is 12.6 Å². The van der Waals surface area contributed by atoms with Gasteiger partial charge in [0.1, 0.15) is 12.3 Å². The Balaban J connectivity index is 1.60. The monoisotopic (exact) mass is 360 g/mol. The molecule has 0 aromatic carbocycles. The number of hydrogen-bond donors (Lipinski definition) is 3. The predicted octanol–water partition coefficient (Wildman–Crippen LogP) is -0.861. The molecular weight excluding hydrogens is 340 g/mol. The fourth-order valence-corrected chi connectivity index (χ4v) is 2.81. The molecule has 9 nitrogen and oxygen atoms in total. The van der Waals surface area contributed by atoms with E-state index >= 15 is 0 Å². The van der Waals surface area contributed by atoms with Crippen molar-refractivity contribution in [2.75, 3.05) is 19.0 Å². The van der Waals surface area contributed by atoms with Crippen molar-refractivity contribution < 1.29 is 24.1 Å². The Kier molecular flexibility index (Phi) is 5.42. The number of nitrogens with one attached hydrogen (secondary N) is 1. The number of aromatic nitrogens is 2. The van der Waals surface area contributed by atoms with Crippen LogP contribution in [0.25, 0.3) is 0 Å². The summed E-state index contributed by atoms with van der Waals surface area (Å²) < 4.78 is 23.1. The molecule has 0 saturated carbocycles. The van der Waals surface area contributed by atoms with E-state index in [9.17, 15) is 14.7 Å². The zero-order valence-corrected chi connectivity index (χ0v) is 14.0. The van der Waals surface area contributed by atoms with Gasteiger partial charge in [-0.25, -0.2) is 4.79 Å². The Morgan fingerprint density at radius 2 is 2.25 bits per heavy atom. The van der Waals surface area contributed by atoms with E-state index in [1.165, 1.54) is 10.8 Å². The molecule has 0 aliphatic carbocycles. The lowest BCUT2D eigenvalue weighted by molar-refractivity contribution is -0.249. The zero-order chi connectivity index (χ0) is 17.3. The van der Waals surface area contributed by atoms with Crippen LogP contribution in [0.5, 0.6) is 0 Å². The zero-order valence-electron chi connectivity index (χ0n) is 13.1. The molecule has 1 aromatic heterocycles. The lowest BCUT2D eigenvalue weighted by Gasteiger charge is -2.18. The van der Waals surface area contributed by atoms with Crippen molar-refractivity contribution in [1.82, 2.24) is 9.55 Å². The van der Waals surface area contributed by atoms with Crippen molar-refractivity contribution in [3.63, 3.8) is 0 Å². The first-order valence-corrected chi connectivity index (χ1v) is 8.26. The summed E-state index contributed by atoms with van der Waals surface area (Å²) in [6.45, 7) is 1.23. The Morgan fingerprint density at radius 1 is 1.46 bits per heavy atom. The Morgan fingerprint density at radius 3 is 2.96 bits per heavy atom. The van der Waals surface area contributed by atoms with Crippen LogP contribution in [0.4, 0.5) is 0 Å². The van der Waals surface area contributed by atoms with Gasteiger partial charge in [-0.15, -0.1) is 0 Å². The number of rotatable bonds is 5. The van der Waals surface area contributed by atoms with Gasteiger partial charge in [0, 0.05) is 23.9 Å². The number of aliphatic hydroxyl groups excluding tert-OH is 1. The van der Waals surface area contributed by atoms with Crippen LogP contribution in [0.15, 0.2) is 15.8 Å². The minimum atomic E-state index is -0.810. The van der Waals surface area contributed by atoms with Crippen LogP contribution in [0, 0.1) is 6.92 Å². The maximum atomic E-state index is 11.9. The van der Waals surface area contributed by atoms with Crippen molar-refractivity contribution >= 4 is 12.6 Å². The van der Waals surface area contributed by atoms with Gasteiger partial charge in [0.15, 0.2) is 0 Å². The van der Waals surface area contributed by atoms with E-state index in [-0.39, 0.29) is 19.1 Å². The molecule has 2 aliphatic rings. The second kappa shape index (κ2) is 7.38. The second-order valence-corrected chi connectivity index (χ2v) is 6.17. The van der Waals surface area contributed by atoms with Crippen LogP contribution in [0.1, 0.15) is 18.2 Å². The third kappa shape index (κ3) is 3.73. The van der Waals surface area contributed by atoms with Gasteiger partial charge < -0.3 is 24.1 Å². The Hall–Kier alpha value is -1.17. The summed E-state index contributed by atoms with van der Waals surface area (Å²) in [5.41, 5.74) is -0.634. The summed E-state index contributed by atoms with van der Waals surface area (Å²) in [6.07, 6.45) is -0.601. The standard InChI is InChI=1S/C14H20N2O7S/c1-7-3-16(13(19)15-12(7)18)11-2-9(17)10(23-11)5-21-14-20-4-8(6-24)22-14/h3,8-11,14,17,24H,2,4-6H2,1H3,(H,15,18,19)/t8?,9-,10-,11-,14?/m1/s1. The van der Waals surface area contributed by atoms with Crippen molar-refractivity contribution in [2.24, 2.45) is 0 Å². The van der Waals surface area contributed by atoms with Crippen LogP contribution in [-0.4, -0.2) is 58.4 Å². The molecule has 0 bridgehead atoms. The van der Waals surface area contributed by atoms with E-state index in [4.69, 9.17) is 18.9 Å². The molecule has 0 radical (unpaired) electrons. The minimum Gasteiger partial charge on any atom is -0.390 e. The molecule has 2 unspecified atom stereocenters. The number of aryl methyl sites for hydroxylation is 1. The molecule has 0 spiro atoms. The molecule has 24 heavy (non-hydrogen) atoms. The van der Waals surface area contributed by atoms with Gasteiger partial charge in [-0.05, 0) is 6.92 Å². The second-order valence-electron chi connectivity index (χ2n) is 5.81. The molecular formula is C14H20N2O7S. The summed E-state index contributed by atoms with van der Waals surface area (Å²) in [7, 11) is 0. The number of H-pyrrole nitrogens is 1. The number of hydrogen-bond acceptors (Lipinski definition) is 8. The van der Waals surface area contributed by atoms with Gasteiger partial charge in [-0.3, -0.25) is 14.3 Å². The van der Waals surface area contributed by atoms with Gasteiger partial charge in [-0.2, -0.15) is 12.6 Å². The number of nitrogens with zero attached hydrogens (tertiary/aromatic N) is 1. The van der Waals surface area contributed by atoms with Crippen LogP contribution in [0.3, 0.4) is 0 Å². The summed E-state index contributed by atoms with van der Waals surface area (Å²) in [5.74, 6) is 0.527. The molecule has 1 aromatic rings. The van der Waals surface area contributed by atoms with Gasteiger partial charge >= 0.3 is 5.69 Å². The molecule has 134 valence electrons. The fourth-order valence-electron chi connectivity index (χ4n) is 2.61. The number of aliphatic hydroxyl groups is 1. The molecule has 0 amide bonds. The highest BCUT2D eigenvalue weighted by Gasteiger charge is 2.37. The molecule has 2 fully saturated rings. The normalized spacial score (nSPS) is 33.2. The highest BCUT2D eigenvalue weighted by atomic mass is 32.1. The first-order valence-electron chi connectivity index (χ1n) is 7.63. The third-order valence-electron chi connectivity index (χ3n) is 3.98. The van der Waals surface area contributed by atoms with E-state index in [0.29, 0.717) is 17.9 Å². The summed E-state index contributed by atoms with van der Waals surface area (Å²) >= 11 is 4.12. The van der Waals surface area contributed by atoms with E-state index in [1.807, 2.05) is 0 Å². The van der Waals surface area contributed by atoms with Gasteiger partial charge in [0.2, 0.25) is 0 Å². The minimum absolute atomic E-state index is 0.0543. The first kappa shape index (κ1) is 17.6. The topological polar surface area (TPSA) is 112 Å². The Bertz CT molecular complexity index is 690. The summed E-state index contributed by atoms with van der Waals surface area (Å²) in [6, 6.07) is 0. The SMILES string of the molecule is Cc1cn([C@H]2C[C@@H](O)[C@@H](COC3OCC(CS)O3)O2)c(=O)[nH]c1=O. The van der Waals surface area contributed by atoms with Crippen molar-refractivity contribution in [1.29, 1.82) is 0 Å². The smallest absolute Gasteiger partial charge is 0.330 e. The maximum Gasteiger partial charge on any atom is 0.330 e. The van der Waals surface area contributed by atoms with Crippen molar-refractivity contribution in [3.8, 4) is 0 Å². The highest BCUT2D eigenvalue weighted by Crippen LogP contribution is 2.28. The molecule has 3 heterocycles. The average molecular weight is 360 g/mol. The van der Waals surface area contributed by atoms with E-state index in [0.717, 1.165) is 0 Å². The van der Waals surface area contributed by atoms with E-state index < -0.39 is 36.2 Å².